The lowest BCUT2D eigenvalue weighted by molar-refractivity contribution is -0.870. The van der Waals surface area contributed by atoms with Crippen LogP contribution in [0.4, 0.5) is 22.7 Å². The van der Waals surface area contributed by atoms with Crippen molar-refractivity contribution in [1.29, 1.82) is 0 Å². The average molecular weight is 1390 g/mol. The van der Waals surface area contributed by atoms with Crippen molar-refractivity contribution in [3.63, 3.8) is 0 Å². The lowest BCUT2D eigenvalue weighted by Crippen LogP contribution is -3.00. The molecular weight excluding hydrogens is 1310 g/mol. The van der Waals surface area contributed by atoms with Gasteiger partial charge in [-0.15, -0.1) is 0 Å². The van der Waals surface area contributed by atoms with Gasteiger partial charge in [0.1, 0.15) is 14.1 Å². The van der Waals surface area contributed by atoms with Gasteiger partial charge in [0.2, 0.25) is 11.4 Å². The first-order valence-corrected chi connectivity index (χ1v) is 28.9. The first-order valence-electron chi connectivity index (χ1n) is 27.3. The Balaban J connectivity index is 0.000000225. The molecule has 0 atom stereocenters. The van der Waals surface area contributed by atoms with Crippen molar-refractivity contribution in [3.05, 3.63) is 186 Å². The van der Waals surface area contributed by atoms with Crippen molar-refractivity contribution in [1.82, 2.24) is 0 Å². The smallest absolute Gasteiger partial charge is 0.209 e. The Morgan fingerprint density at radius 3 is 1.16 bits per heavy atom. The van der Waals surface area contributed by atoms with Crippen LogP contribution in [0.25, 0.3) is 0 Å². The van der Waals surface area contributed by atoms with Gasteiger partial charge in [-0.1, -0.05) is 107 Å². The van der Waals surface area contributed by atoms with Gasteiger partial charge >= 0.3 is 0 Å². The molecule has 4 aromatic rings. The second kappa shape index (κ2) is 22.5. The van der Waals surface area contributed by atoms with E-state index in [1.807, 2.05) is 62.7 Å². The van der Waals surface area contributed by atoms with Crippen LogP contribution in [-0.2, 0) is 31.2 Å². The second-order valence-electron chi connectivity index (χ2n) is 26.1. The van der Waals surface area contributed by atoms with Crippen molar-refractivity contribution in [2.24, 2.45) is 0 Å². The first kappa shape index (κ1) is 62.9. The fourth-order valence-electron chi connectivity index (χ4n) is 12.6. The molecule has 80 heavy (non-hydrogen) atoms. The lowest BCUT2D eigenvalue weighted by Gasteiger charge is -2.33. The molecule has 0 saturated carbocycles. The summed E-state index contributed by atoms with van der Waals surface area (Å²) in [6, 6.07) is 29.2. The summed E-state index contributed by atoms with van der Waals surface area (Å²) in [6.07, 6.45) is 9.36. The molecule has 2 aliphatic carbocycles. The van der Waals surface area contributed by atoms with E-state index in [0.717, 1.165) is 102 Å². The molecule has 0 aromatic heterocycles. The van der Waals surface area contributed by atoms with Crippen molar-refractivity contribution in [2.75, 3.05) is 92.4 Å². The normalized spacial score (nSPS) is 21.1. The van der Waals surface area contributed by atoms with Crippen LogP contribution in [0, 0.1) is 0 Å². The minimum absolute atomic E-state index is 0. The molecule has 0 spiro atoms. The number of carbonyl (C=O) groups is 2. The molecule has 0 saturated heterocycles. The van der Waals surface area contributed by atoms with Crippen molar-refractivity contribution >= 4 is 77.6 Å². The van der Waals surface area contributed by atoms with Crippen LogP contribution in [0.5, 0.6) is 0 Å². The monoisotopic (exact) mass is 1380 g/mol. The predicted molar refractivity (Wildman–Crippen MR) is 321 cm³/mol. The van der Waals surface area contributed by atoms with Gasteiger partial charge in [0.05, 0.1) is 66.2 Å². The van der Waals surface area contributed by atoms with E-state index >= 15 is 0 Å². The van der Waals surface area contributed by atoms with Gasteiger partial charge in [-0.05, 0) is 87.4 Å². The third kappa shape index (κ3) is 11.2. The van der Waals surface area contributed by atoms with Gasteiger partial charge in [0.25, 0.3) is 0 Å². The van der Waals surface area contributed by atoms with E-state index in [0.29, 0.717) is 0 Å². The van der Waals surface area contributed by atoms with E-state index in [2.05, 4.69) is 209 Å². The predicted octanol–water partition coefficient (Wildman–Crippen LogP) is 4.72. The van der Waals surface area contributed by atoms with E-state index in [1.165, 1.54) is 22.3 Å². The van der Waals surface area contributed by atoms with Gasteiger partial charge in [0, 0.05) is 126 Å². The zero-order valence-corrected chi connectivity index (χ0v) is 56.4. The number of fused-ring (bicyclic) bond motifs is 4. The third-order valence-electron chi connectivity index (χ3n) is 17.1. The molecule has 4 heterocycles. The molecule has 0 fully saturated rings. The zero-order chi connectivity index (χ0) is 57.0. The first-order chi connectivity index (χ1) is 36.3. The molecule has 0 N–H and O–H groups in total. The maximum absolute atomic E-state index is 13.5. The maximum Gasteiger partial charge on any atom is 0.209 e. The van der Waals surface area contributed by atoms with Crippen molar-refractivity contribution in [3.8, 4) is 0 Å². The van der Waals surface area contributed by atoms with E-state index in [1.54, 1.807) is 0 Å². The number of Topliss-reactive ketones (excluding diaryl/α,β-unsaturated/α-hetero) is 2. The highest BCUT2D eigenvalue weighted by molar-refractivity contribution is 9.10. The molecule has 4 aromatic carbocycles. The summed E-state index contributed by atoms with van der Waals surface area (Å²) in [5, 5.41) is 27.0. The van der Waals surface area contributed by atoms with Crippen LogP contribution in [0.15, 0.2) is 163 Å². The molecule has 0 radical (unpaired) electrons. The highest BCUT2D eigenvalue weighted by atomic mass is 127. The fraction of sp³-hybridized carbons (Fsp3) is 0.394. The Bertz CT molecular complexity index is 3270. The molecule has 0 amide bonds. The zero-order valence-electron chi connectivity index (χ0n) is 49.5. The van der Waals surface area contributed by atoms with Gasteiger partial charge < -0.3 is 69.9 Å². The summed E-state index contributed by atoms with van der Waals surface area (Å²) >= 11 is 7.27. The Kier molecular flexibility index (Phi) is 17.7. The van der Waals surface area contributed by atoms with E-state index in [-0.39, 0.29) is 108 Å². The summed E-state index contributed by atoms with van der Waals surface area (Å²) in [6.45, 7) is 21.0. The molecule has 4 aliphatic heterocycles. The lowest BCUT2D eigenvalue weighted by atomic mass is 9.77. The quantitative estimate of drug-likeness (QED) is 0.0884. The Labute approximate surface area is 520 Å². The van der Waals surface area contributed by atoms with E-state index in [4.69, 9.17) is 0 Å². The second-order valence-corrected chi connectivity index (χ2v) is 27.9. The number of benzene rings is 4. The summed E-state index contributed by atoms with van der Waals surface area (Å²) in [5.41, 5.74) is 13.1. The Morgan fingerprint density at radius 1 is 0.512 bits per heavy atom. The molecular formula is C66H78Br3IN6O4. The number of carbonyl (C=O) groups excluding carboxylic acids is 2. The van der Waals surface area contributed by atoms with Crippen molar-refractivity contribution < 1.29 is 78.9 Å². The summed E-state index contributed by atoms with van der Waals surface area (Å²) < 4.78 is 8.03. The van der Waals surface area contributed by atoms with Gasteiger partial charge in [-0.3, -0.25) is 9.59 Å². The number of ketones is 2. The third-order valence-corrected chi connectivity index (χ3v) is 18.1. The topological polar surface area (TPSA) is 92.8 Å². The molecule has 10 nitrogen and oxygen atoms in total. The van der Waals surface area contributed by atoms with Crippen LogP contribution < -0.4 is 61.0 Å². The number of hydrogen-bond acceptors (Lipinski definition) is 6. The molecule has 424 valence electrons. The highest BCUT2D eigenvalue weighted by Gasteiger charge is 2.47. The number of quaternary nitrogens is 2. The average Bonchev–Trinajstić information content (AvgIpc) is 3.87. The number of rotatable bonds is 12. The number of para-hydroxylation sites is 2. The summed E-state index contributed by atoms with van der Waals surface area (Å²) in [4.78, 5) is 31.6. The molecule has 0 unspecified atom stereocenters. The maximum atomic E-state index is 13.5. The highest BCUT2D eigenvalue weighted by Crippen LogP contribution is 2.52. The Hall–Kier alpha value is -4.71. The minimum atomic E-state index is -0.340. The number of anilines is 2. The molecule has 14 heteroatoms. The minimum Gasteiger partial charge on any atom is -1.00 e. The number of hydrogen-bond donors (Lipinski definition) is 0. The van der Waals surface area contributed by atoms with Gasteiger partial charge in [-0.2, -0.15) is 9.15 Å². The number of halogens is 4. The number of nitrogens with zero attached hydrogens (tertiary/aromatic N) is 6. The number of allylic oxidation sites excluding steroid dienone is 10. The fourth-order valence-corrected chi connectivity index (χ4v) is 13.3. The summed E-state index contributed by atoms with van der Waals surface area (Å²) in [7, 11) is 17.2. The molecule has 10 rings (SSSR count). The van der Waals surface area contributed by atoms with Gasteiger partial charge in [0.15, 0.2) is 23.0 Å². The van der Waals surface area contributed by atoms with Crippen LogP contribution >= 0.6 is 31.9 Å². The SMILES string of the molecule is C[N+]1=C(/C=C2\C(=O)C(/C=C3/N(CCC[N+](C)(C)C)c4ccc(Br)cc4C3(C)C)=C2[O-])C(C)(C)c2ccccc21.C[N+]1=C(/C=C2\C(=O)C(/C=C3/N(CCC[N+](C)(C)C)c4ccc(Br)cc4C3(C)C)=C2[O-])C(C)(C)c2ccccc21.[Br-].[I-]. The molecule has 6 aliphatic rings. The van der Waals surface area contributed by atoms with Crippen LogP contribution in [0.1, 0.15) is 90.5 Å². The largest absolute Gasteiger partial charge is 1.00 e. The summed E-state index contributed by atoms with van der Waals surface area (Å²) in [5.74, 6) is -0.669. The van der Waals surface area contributed by atoms with Crippen molar-refractivity contribution in [2.45, 2.75) is 89.9 Å². The standard InChI is InChI=1S/2C33H39BrN3O2.BrH.HI/c2*1-32(2)24-12-9-10-13-26(24)35(5)28(32)19-22-30(38)23(31(22)39)20-29-33(3,4)25-18-21(34)14-15-27(25)36(29)16-11-17-37(6,7)8;;/h2*9-10,12-15,18-20H,11,16-17H2,1-8H3;2*1H/q2*+1;;/p-2. The molecule has 0 bridgehead atoms. The van der Waals surface area contributed by atoms with E-state index in [9.17, 15) is 19.8 Å². The Morgan fingerprint density at radius 2 is 0.850 bits per heavy atom. The van der Waals surface area contributed by atoms with Crippen LogP contribution in [-0.4, -0.2) is 124 Å². The van der Waals surface area contributed by atoms with E-state index < -0.39 is 0 Å². The van der Waals surface area contributed by atoms with Crippen LogP contribution in [0.3, 0.4) is 0 Å². The van der Waals surface area contributed by atoms with Gasteiger partial charge in [-0.25, -0.2) is 0 Å². The van der Waals surface area contributed by atoms with Crippen LogP contribution in [0.2, 0.25) is 0 Å².